The van der Waals surface area contributed by atoms with Crippen LogP contribution >= 0.6 is 0 Å². The van der Waals surface area contributed by atoms with E-state index in [-0.39, 0.29) is 0 Å². The van der Waals surface area contributed by atoms with Gasteiger partial charge in [0.25, 0.3) is 0 Å². The zero-order valence-electron chi connectivity index (χ0n) is 10.9. The lowest BCUT2D eigenvalue weighted by Gasteiger charge is -2.06. The molecule has 0 radical (unpaired) electrons. The van der Waals surface area contributed by atoms with Crippen LogP contribution in [0.5, 0.6) is 0 Å². The second-order valence-corrected chi connectivity index (χ2v) is 4.65. The number of ether oxygens (including phenoxy) is 1. The molecule has 1 rings (SSSR count). The summed E-state index contributed by atoms with van der Waals surface area (Å²) in [6, 6.07) is 7.69. The van der Waals surface area contributed by atoms with Gasteiger partial charge in [0.1, 0.15) is 0 Å². The summed E-state index contributed by atoms with van der Waals surface area (Å²) in [6.45, 7) is 5.73. The fraction of sp³-hybridized carbons (Fsp3) is 0.400. The standard InChI is InChI=1S/C15H20O3/c1-12(2)9-10-18-11-14-5-3-13(4-6-14)7-8-15(16)17/h3-8,12H,9-11H2,1-2H3,(H,16,17). The summed E-state index contributed by atoms with van der Waals surface area (Å²) in [5.41, 5.74) is 1.98. The summed E-state index contributed by atoms with van der Waals surface area (Å²) in [6.07, 6.45) is 3.78. The van der Waals surface area contributed by atoms with Crippen LogP contribution < -0.4 is 0 Å². The van der Waals surface area contributed by atoms with E-state index in [0.717, 1.165) is 30.2 Å². The number of hydrogen-bond donors (Lipinski definition) is 1. The van der Waals surface area contributed by atoms with Gasteiger partial charge < -0.3 is 9.84 Å². The molecule has 0 unspecified atom stereocenters. The number of rotatable bonds is 7. The molecule has 0 spiro atoms. The van der Waals surface area contributed by atoms with Gasteiger partial charge in [0.05, 0.1) is 6.61 Å². The molecule has 0 aliphatic heterocycles. The molecule has 0 aliphatic rings. The van der Waals surface area contributed by atoms with E-state index in [1.807, 2.05) is 24.3 Å². The Bertz CT molecular complexity index is 391. The summed E-state index contributed by atoms with van der Waals surface area (Å²) >= 11 is 0. The first kappa shape index (κ1) is 14.5. The fourth-order valence-electron chi connectivity index (χ4n) is 1.40. The van der Waals surface area contributed by atoms with Crippen molar-refractivity contribution in [3.63, 3.8) is 0 Å². The molecule has 0 fully saturated rings. The van der Waals surface area contributed by atoms with Crippen LogP contribution in [0.4, 0.5) is 0 Å². The lowest BCUT2D eigenvalue weighted by molar-refractivity contribution is -0.131. The van der Waals surface area contributed by atoms with E-state index in [4.69, 9.17) is 9.84 Å². The number of hydrogen-bond acceptors (Lipinski definition) is 2. The van der Waals surface area contributed by atoms with Crippen LogP contribution in [0.1, 0.15) is 31.4 Å². The Morgan fingerprint density at radius 3 is 2.56 bits per heavy atom. The maximum atomic E-state index is 10.4. The zero-order valence-corrected chi connectivity index (χ0v) is 10.9. The lowest BCUT2D eigenvalue weighted by atomic mass is 10.1. The number of carbonyl (C=O) groups is 1. The molecule has 3 nitrogen and oxygen atoms in total. The molecule has 1 aromatic rings. The first-order valence-corrected chi connectivity index (χ1v) is 6.15. The van der Waals surface area contributed by atoms with Crippen LogP contribution in [0, 0.1) is 5.92 Å². The van der Waals surface area contributed by atoms with Crippen LogP contribution in [0.3, 0.4) is 0 Å². The van der Waals surface area contributed by atoms with Gasteiger partial charge in [-0.05, 0) is 29.5 Å². The molecule has 18 heavy (non-hydrogen) atoms. The molecule has 0 atom stereocenters. The van der Waals surface area contributed by atoms with E-state index in [9.17, 15) is 4.79 Å². The molecule has 1 N–H and O–H groups in total. The van der Waals surface area contributed by atoms with Crippen molar-refractivity contribution in [3.05, 3.63) is 41.5 Å². The molecule has 1 aromatic carbocycles. The summed E-state index contributed by atoms with van der Waals surface area (Å²) in [4.78, 5) is 10.4. The van der Waals surface area contributed by atoms with Crippen molar-refractivity contribution in [1.82, 2.24) is 0 Å². The number of carboxylic acid groups (broad SMARTS) is 1. The highest BCUT2D eigenvalue weighted by atomic mass is 16.5. The van der Waals surface area contributed by atoms with Crippen LogP contribution in [-0.4, -0.2) is 17.7 Å². The van der Waals surface area contributed by atoms with Gasteiger partial charge in [0, 0.05) is 12.7 Å². The smallest absolute Gasteiger partial charge is 0.328 e. The van der Waals surface area contributed by atoms with Crippen molar-refractivity contribution in [2.75, 3.05) is 6.61 Å². The third-order valence-corrected chi connectivity index (χ3v) is 2.51. The minimum absolute atomic E-state index is 0.607. The topological polar surface area (TPSA) is 46.5 Å². The first-order valence-electron chi connectivity index (χ1n) is 6.15. The summed E-state index contributed by atoms with van der Waals surface area (Å²) in [5, 5.41) is 8.51. The monoisotopic (exact) mass is 248 g/mol. The highest BCUT2D eigenvalue weighted by Crippen LogP contribution is 2.08. The van der Waals surface area contributed by atoms with E-state index in [1.54, 1.807) is 6.08 Å². The normalized spacial score (nSPS) is 11.3. The van der Waals surface area contributed by atoms with E-state index in [2.05, 4.69) is 13.8 Å². The predicted octanol–water partition coefficient (Wildman–Crippen LogP) is 3.35. The molecule has 0 heterocycles. The first-order chi connectivity index (χ1) is 8.58. The Hall–Kier alpha value is -1.61. The third-order valence-electron chi connectivity index (χ3n) is 2.51. The molecular weight excluding hydrogens is 228 g/mol. The van der Waals surface area contributed by atoms with Crippen molar-refractivity contribution in [1.29, 1.82) is 0 Å². The van der Waals surface area contributed by atoms with Gasteiger partial charge in [-0.1, -0.05) is 38.1 Å². The van der Waals surface area contributed by atoms with Crippen molar-refractivity contribution < 1.29 is 14.6 Å². The number of carboxylic acids is 1. The van der Waals surface area contributed by atoms with E-state index in [1.165, 1.54) is 0 Å². The van der Waals surface area contributed by atoms with Crippen molar-refractivity contribution in [3.8, 4) is 0 Å². The van der Waals surface area contributed by atoms with E-state index < -0.39 is 5.97 Å². The SMILES string of the molecule is CC(C)CCOCc1ccc(C=CC(=O)O)cc1. The molecule has 0 aromatic heterocycles. The van der Waals surface area contributed by atoms with Gasteiger partial charge in [0.15, 0.2) is 0 Å². The Balaban J connectivity index is 2.38. The number of aliphatic carboxylic acids is 1. The average Bonchev–Trinajstić information content (AvgIpc) is 2.33. The Morgan fingerprint density at radius 1 is 1.33 bits per heavy atom. The van der Waals surface area contributed by atoms with E-state index >= 15 is 0 Å². The van der Waals surface area contributed by atoms with Crippen molar-refractivity contribution >= 4 is 12.0 Å². The molecule has 0 saturated heterocycles. The van der Waals surface area contributed by atoms with Crippen LogP contribution in [-0.2, 0) is 16.1 Å². The van der Waals surface area contributed by atoms with Gasteiger partial charge in [-0.25, -0.2) is 4.79 Å². The molecule has 0 saturated carbocycles. The molecule has 0 bridgehead atoms. The molecule has 0 amide bonds. The maximum Gasteiger partial charge on any atom is 0.328 e. The molecular formula is C15H20O3. The fourth-order valence-corrected chi connectivity index (χ4v) is 1.40. The summed E-state index contributed by atoms with van der Waals surface area (Å²) in [7, 11) is 0. The predicted molar refractivity (Wildman–Crippen MR) is 72.2 cm³/mol. The van der Waals surface area contributed by atoms with E-state index in [0.29, 0.717) is 12.5 Å². The van der Waals surface area contributed by atoms with Gasteiger partial charge in [0.2, 0.25) is 0 Å². The van der Waals surface area contributed by atoms with Gasteiger partial charge in [-0.3, -0.25) is 0 Å². The molecule has 0 aliphatic carbocycles. The summed E-state index contributed by atoms with van der Waals surface area (Å²) < 4.78 is 5.56. The highest BCUT2D eigenvalue weighted by molar-refractivity contribution is 5.85. The van der Waals surface area contributed by atoms with Crippen LogP contribution in [0.2, 0.25) is 0 Å². The second-order valence-electron chi connectivity index (χ2n) is 4.65. The Labute approximate surface area is 108 Å². The molecule has 3 heteroatoms. The van der Waals surface area contributed by atoms with Gasteiger partial charge in [-0.15, -0.1) is 0 Å². The minimum Gasteiger partial charge on any atom is -0.478 e. The van der Waals surface area contributed by atoms with Gasteiger partial charge >= 0.3 is 5.97 Å². The van der Waals surface area contributed by atoms with Crippen LogP contribution in [0.15, 0.2) is 30.3 Å². The van der Waals surface area contributed by atoms with Gasteiger partial charge in [-0.2, -0.15) is 0 Å². The van der Waals surface area contributed by atoms with Crippen molar-refractivity contribution in [2.45, 2.75) is 26.9 Å². The minimum atomic E-state index is -0.934. The lowest BCUT2D eigenvalue weighted by Crippen LogP contribution is -1.99. The largest absolute Gasteiger partial charge is 0.478 e. The molecule has 98 valence electrons. The van der Waals surface area contributed by atoms with Crippen LogP contribution in [0.25, 0.3) is 6.08 Å². The quantitative estimate of drug-likeness (QED) is 0.594. The van der Waals surface area contributed by atoms with Crippen molar-refractivity contribution in [2.24, 2.45) is 5.92 Å². The third kappa shape index (κ3) is 6.21. The average molecular weight is 248 g/mol. The maximum absolute atomic E-state index is 10.4. The zero-order chi connectivity index (χ0) is 13.4. The Morgan fingerprint density at radius 2 is 2.00 bits per heavy atom. The summed E-state index contributed by atoms with van der Waals surface area (Å²) in [5.74, 6) is -0.273. The number of benzene rings is 1. The highest BCUT2D eigenvalue weighted by Gasteiger charge is 1.96. The Kier molecular flexibility index (Phi) is 6.15. The second kappa shape index (κ2) is 7.67.